The van der Waals surface area contributed by atoms with Crippen molar-refractivity contribution in [2.45, 2.75) is 40.5 Å². The van der Waals surface area contributed by atoms with E-state index in [0.29, 0.717) is 18.4 Å². The first-order valence-corrected chi connectivity index (χ1v) is 7.64. The molecule has 1 rings (SSSR count). The van der Waals surface area contributed by atoms with Crippen LogP contribution in [-0.4, -0.2) is 25.2 Å². The van der Waals surface area contributed by atoms with E-state index < -0.39 is 11.9 Å². The molecule has 0 saturated heterocycles. The van der Waals surface area contributed by atoms with Crippen LogP contribution in [-0.2, 0) is 19.1 Å². The van der Waals surface area contributed by atoms with Crippen molar-refractivity contribution < 1.29 is 19.1 Å². The number of carbonyl (C=O) groups is 2. The Morgan fingerprint density at radius 3 is 1.91 bits per heavy atom. The van der Waals surface area contributed by atoms with Crippen LogP contribution >= 0.6 is 0 Å². The van der Waals surface area contributed by atoms with Gasteiger partial charge in [-0.25, -0.2) is 9.59 Å². The van der Waals surface area contributed by atoms with Gasteiger partial charge >= 0.3 is 11.9 Å². The van der Waals surface area contributed by atoms with Gasteiger partial charge in [-0.05, 0) is 43.4 Å². The van der Waals surface area contributed by atoms with Crippen LogP contribution < -0.4 is 0 Å². The molecule has 1 aromatic carbocycles. The van der Waals surface area contributed by atoms with E-state index in [9.17, 15) is 9.59 Å². The van der Waals surface area contributed by atoms with Crippen LogP contribution in [0.3, 0.4) is 0 Å². The summed E-state index contributed by atoms with van der Waals surface area (Å²) in [6.45, 7) is 8.05. The molecule has 0 saturated carbocycles. The maximum atomic E-state index is 12.3. The van der Waals surface area contributed by atoms with Crippen molar-refractivity contribution in [2.75, 3.05) is 13.2 Å². The minimum atomic E-state index is -0.622. The van der Waals surface area contributed by atoms with Gasteiger partial charge in [0.15, 0.2) is 0 Å². The van der Waals surface area contributed by atoms with Crippen molar-refractivity contribution >= 4 is 17.5 Å². The third-order valence-electron chi connectivity index (χ3n) is 3.21. The van der Waals surface area contributed by atoms with Crippen molar-refractivity contribution in [3.8, 4) is 0 Å². The first-order chi connectivity index (χ1) is 10.5. The first-order valence-electron chi connectivity index (χ1n) is 7.64. The van der Waals surface area contributed by atoms with Gasteiger partial charge in [-0.3, -0.25) is 0 Å². The third-order valence-corrected chi connectivity index (χ3v) is 3.21. The Hall–Kier alpha value is -2.10. The average molecular weight is 304 g/mol. The van der Waals surface area contributed by atoms with Gasteiger partial charge < -0.3 is 9.47 Å². The van der Waals surface area contributed by atoms with Crippen molar-refractivity contribution in [3.63, 3.8) is 0 Å². The number of esters is 2. The molecule has 0 N–H and O–H groups in total. The van der Waals surface area contributed by atoms with Crippen LogP contribution in [0, 0.1) is 6.92 Å². The molecular formula is C18H24O4. The van der Waals surface area contributed by atoms with Crippen molar-refractivity contribution in [3.05, 3.63) is 41.0 Å². The van der Waals surface area contributed by atoms with Gasteiger partial charge in [-0.1, -0.05) is 38.1 Å². The highest BCUT2D eigenvalue weighted by Gasteiger charge is 2.25. The number of ether oxygens (including phenoxy) is 2. The van der Waals surface area contributed by atoms with Crippen molar-refractivity contribution in [1.82, 2.24) is 0 Å². The molecule has 0 heterocycles. The van der Waals surface area contributed by atoms with E-state index in [-0.39, 0.29) is 18.8 Å². The SMILES string of the molecule is CCCOC(=O)C(C(=O)OCCC)=C(C)c1ccccc1C. The summed E-state index contributed by atoms with van der Waals surface area (Å²) in [6, 6.07) is 7.60. The van der Waals surface area contributed by atoms with Gasteiger partial charge in [0.2, 0.25) is 0 Å². The number of allylic oxidation sites excluding steroid dienone is 1. The molecule has 0 radical (unpaired) electrons. The molecule has 1 aromatic rings. The largest absolute Gasteiger partial charge is 0.462 e. The fourth-order valence-corrected chi connectivity index (χ4v) is 2.05. The minimum Gasteiger partial charge on any atom is -0.462 e. The average Bonchev–Trinajstić information content (AvgIpc) is 2.51. The van der Waals surface area contributed by atoms with Gasteiger partial charge in [-0.15, -0.1) is 0 Å². The summed E-state index contributed by atoms with van der Waals surface area (Å²) in [5.41, 5.74) is 2.40. The highest BCUT2D eigenvalue weighted by atomic mass is 16.6. The molecule has 0 aliphatic rings. The quantitative estimate of drug-likeness (QED) is 0.334. The van der Waals surface area contributed by atoms with Gasteiger partial charge in [0.1, 0.15) is 5.57 Å². The van der Waals surface area contributed by atoms with Crippen molar-refractivity contribution in [2.24, 2.45) is 0 Å². The Balaban J connectivity index is 3.22. The fourth-order valence-electron chi connectivity index (χ4n) is 2.05. The van der Waals surface area contributed by atoms with Crippen LogP contribution in [0.15, 0.2) is 29.8 Å². The van der Waals surface area contributed by atoms with Gasteiger partial charge in [0.25, 0.3) is 0 Å². The highest BCUT2D eigenvalue weighted by molar-refractivity contribution is 6.19. The minimum absolute atomic E-state index is 0.0174. The molecule has 0 fully saturated rings. The number of hydrogen-bond acceptors (Lipinski definition) is 4. The molecule has 4 heteroatoms. The van der Waals surface area contributed by atoms with E-state index in [2.05, 4.69) is 0 Å². The molecule has 0 unspecified atom stereocenters. The van der Waals surface area contributed by atoms with Crippen LogP contribution in [0.4, 0.5) is 0 Å². The topological polar surface area (TPSA) is 52.6 Å². The summed E-state index contributed by atoms with van der Waals surface area (Å²) in [7, 11) is 0. The fraction of sp³-hybridized carbons (Fsp3) is 0.444. The van der Waals surface area contributed by atoms with Crippen LogP contribution in [0.2, 0.25) is 0 Å². The van der Waals surface area contributed by atoms with E-state index in [1.54, 1.807) is 6.92 Å². The van der Waals surface area contributed by atoms with E-state index in [4.69, 9.17) is 9.47 Å². The summed E-state index contributed by atoms with van der Waals surface area (Å²) in [4.78, 5) is 24.5. The van der Waals surface area contributed by atoms with E-state index in [0.717, 1.165) is 11.1 Å². The molecule has 0 atom stereocenters. The monoisotopic (exact) mass is 304 g/mol. The zero-order chi connectivity index (χ0) is 16.5. The molecule has 0 aromatic heterocycles. The normalized spacial score (nSPS) is 10.0. The first kappa shape index (κ1) is 18.0. The van der Waals surface area contributed by atoms with Crippen molar-refractivity contribution in [1.29, 1.82) is 0 Å². The lowest BCUT2D eigenvalue weighted by Crippen LogP contribution is -2.20. The Kier molecular flexibility index (Phi) is 7.37. The van der Waals surface area contributed by atoms with Crippen LogP contribution in [0.5, 0.6) is 0 Å². The Morgan fingerprint density at radius 2 is 1.45 bits per heavy atom. The Morgan fingerprint density at radius 1 is 0.955 bits per heavy atom. The number of benzene rings is 1. The molecular weight excluding hydrogens is 280 g/mol. The lowest BCUT2D eigenvalue weighted by molar-refractivity contribution is -0.147. The van der Waals surface area contributed by atoms with Crippen LogP contribution in [0.1, 0.15) is 44.7 Å². The van der Waals surface area contributed by atoms with Gasteiger partial charge in [0, 0.05) is 0 Å². The lowest BCUT2D eigenvalue weighted by atomic mass is 9.97. The highest BCUT2D eigenvalue weighted by Crippen LogP contribution is 2.23. The standard InChI is InChI=1S/C18H24O4/c1-5-11-21-17(19)16(18(20)22-12-6-2)14(4)15-10-8-7-9-13(15)3/h7-10H,5-6,11-12H2,1-4H3. The zero-order valence-corrected chi connectivity index (χ0v) is 13.8. The predicted octanol–water partition coefficient (Wildman–Crippen LogP) is 3.67. The van der Waals surface area contributed by atoms with E-state index in [1.165, 1.54) is 0 Å². The summed E-state index contributed by atoms with van der Waals surface area (Å²) < 4.78 is 10.3. The summed E-state index contributed by atoms with van der Waals surface area (Å²) in [6.07, 6.45) is 1.40. The molecule has 0 aliphatic heterocycles. The summed E-state index contributed by atoms with van der Waals surface area (Å²) >= 11 is 0. The Bertz CT molecular complexity index is 536. The zero-order valence-electron chi connectivity index (χ0n) is 13.8. The number of rotatable bonds is 7. The second kappa shape index (κ2) is 9.03. The van der Waals surface area contributed by atoms with E-state index >= 15 is 0 Å². The van der Waals surface area contributed by atoms with Gasteiger partial charge in [-0.2, -0.15) is 0 Å². The lowest BCUT2D eigenvalue weighted by Gasteiger charge is -2.13. The molecule has 0 spiro atoms. The smallest absolute Gasteiger partial charge is 0.345 e. The predicted molar refractivity (Wildman–Crippen MR) is 86.3 cm³/mol. The number of aryl methyl sites for hydroxylation is 1. The van der Waals surface area contributed by atoms with Crippen LogP contribution in [0.25, 0.3) is 5.57 Å². The second-order valence-corrected chi connectivity index (χ2v) is 5.09. The molecule has 22 heavy (non-hydrogen) atoms. The Labute approximate surface area is 132 Å². The third kappa shape index (κ3) is 4.72. The molecule has 0 aliphatic carbocycles. The number of carbonyl (C=O) groups excluding carboxylic acids is 2. The second-order valence-electron chi connectivity index (χ2n) is 5.09. The molecule has 0 bridgehead atoms. The molecule has 4 nitrogen and oxygen atoms in total. The van der Waals surface area contributed by atoms with Gasteiger partial charge in [0.05, 0.1) is 13.2 Å². The maximum absolute atomic E-state index is 12.3. The summed E-state index contributed by atoms with van der Waals surface area (Å²) in [5, 5.41) is 0. The van der Waals surface area contributed by atoms with E-state index in [1.807, 2.05) is 45.0 Å². The molecule has 0 amide bonds. The summed E-state index contributed by atoms with van der Waals surface area (Å²) in [5.74, 6) is -1.24. The maximum Gasteiger partial charge on any atom is 0.345 e. The number of hydrogen-bond donors (Lipinski definition) is 0. The molecule has 120 valence electrons.